The Labute approximate surface area is 114 Å². The number of nitrogens with two attached hydrogens (primary N) is 1. The van der Waals surface area contributed by atoms with Gasteiger partial charge in [-0.25, -0.2) is 0 Å². The van der Waals surface area contributed by atoms with Crippen molar-refractivity contribution in [2.45, 2.75) is 39.3 Å². The molecule has 1 rings (SSSR count). The maximum Gasteiger partial charge on any atom is 0.144 e. The molecule has 0 spiro atoms. The van der Waals surface area contributed by atoms with Crippen LogP contribution in [0.3, 0.4) is 0 Å². The molecule has 0 fully saturated rings. The molecule has 0 aliphatic heterocycles. The van der Waals surface area contributed by atoms with Crippen LogP contribution in [-0.4, -0.2) is 24.2 Å². The summed E-state index contributed by atoms with van der Waals surface area (Å²) in [4.78, 5) is 0. The van der Waals surface area contributed by atoms with E-state index in [-0.39, 0.29) is 6.10 Å². The van der Waals surface area contributed by atoms with E-state index in [2.05, 4.69) is 18.5 Å². The quantitative estimate of drug-likeness (QED) is 0.742. The molecule has 0 radical (unpaired) electrons. The smallest absolute Gasteiger partial charge is 0.144 e. The first-order chi connectivity index (χ1) is 8.58. The Morgan fingerprint density at radius 1 is 1.39 bits per heavy atom. The van der Waals surface area contributed by atoms with Gasteiger partial charge in [-0.3, -0.25) is 0 Å². The van der Waals surface area contributed by atoms with Gasteiger partial charge in [0.2, 0.25) is 0 Å². The van der Waals surface area contributed by atoms with Gasteiger partial charge < -0.3 is 15.8 Å². The molecule has 0 amide bonds. The van der Waals surface area contributed by atoms with Crippen molar-refractivity contribution in [3.05, 3.63) is 18.2 Å². The number of ether oxygens (including phenoxy) is 1. The van der Waals surface area contributed by atoms with Crippen molar-refractivity contribution < 1.29 is 4.74 Å². The number of nitrogen functional groups attached to an aromatic ring is 1. The molecule has 0 bridgehead atoms. The second kappa shape index (κ2) is 7.41. The van der Waals surface area contributed by atoms with Crippen LogP contribution >= 0.6 is 11.8 Å². The summed E-state index contributed by atoms with van der Waals surface area (Å²) in [6, 6.07) is 6.33. The van der Waals surface area contributed by atoms with Crippen molar-refractivity contribution in [2.75, 3.05) is 23.1 Å². The standard InChI is InChI=1S/C14H24N2OS/c1-5-11(9-18-4)16-12-7-6-8-13(14(12)15)17-10(2)3/h6-8,10-11,16H,5,9,15H2,1-4H3. The third-order valence-electron chi connectivity index (χ3n) is 2.65. The van der Waals surface area contributed by atoms with E-state index in [1.165, 1.54) is 0 Å². The molecule has 0 aromatic heterocycles. The Balaban J connectivity index is 2.82. The Hall–Kier alpha value is -1.03. The van der Waals surface area contributed by atoms with Gasteiger partial charge in [-0.05, 0) is 38.7 Å². The molecule has 3 N–H and O–H groups in total. The minimum absolute atomic E-state index is 0.135. The van der Waals surface area contributed by atoms with Gasteiger partial charge in [0, 0.05) is 11.8 Å². The summed E-state index contributed by atoms with van der Waals surface area (Å²) in [6.07, 6.45) is 3.33. The first kappa shape index (κ1) is 15.0. The fraction of sp³-hybridized carbons (Fsp3) is 0.571. The van der Waals surface area contributed by atoms with Crippen LogP contribution in [0.25, 0.3) is 0 Å². The van der Waals surface area contributed by atoms with Crippen molar-refractivity contribution in [3.63, 3.8) is 0 Å². The number of nitrogens with one attached hydrogen (secondary N) is 1. The number of rotatable bonds is 7. The number of benzene rings is 1. The van der Waals surface area contributed by atoms with Gasteiger partial charge in [0.1, 0.15) is 5.75 Å². The SMILES string of the molecule is CCC(CSC)Nc1cccc(OC(C)C)c1N. The molecule has 0 saturated carbocycles. The molecule has 1 aromatic rings. The fourth-order valence-electron chi connectivity index (χ4n) is 1.71. The van der Waals surface area contributed by atoms with Gasteiger partial charge in [-0.15, -0.1) is 0 Å². The van der Waals surface area contributed by atoms with Gasteiger partial charge in [0.05, 0.1) is 17.5 Å². The number of hydrogen-bond donors (Lipinski definition) is 2. The van der Waals surface area contributed by atoms with Crippen LogP contribution in [0.5, 0.6) is 5.75 Å². The minimum atomic E-state index is 0.135. The normalized spacial score (nSPS) is 12.5. The van der Waals surface area contributed by atoms with Gasteiger partial charge in [-0.2, -0.15) is 11.8 Å². The van der Waals surface area contributed by atoms with E-state index in [0.717, 1.165) is 23.6 Å². The van der Waals surface area contributed by atoms with Crippen molar-refractivity contribution in [1.29, 1.82) is 0 Å². The van der Waals surface area contributed by atoms with Gasteiger partial charge in [0.15, 0.2) is 0 Å². The number of thioether (sulfide) groups is 1. The van der Waals surface area contributed by atoms with Gasteiger partial charge in [0.25, 0.3) is 0 Å². The third kappa shape index (κ3) is 4.33. The number of hydrogen-bond acceptors (Lipinski definition) is 4. The van der Waals surface area contributed by atoms with E-state index in [9.17, 15) is 0 Å². The van der Waals surface area contributed by atoms with Crippen LogP contribution < -0.4 is 15.8 Å². The largest absolute Gasteiger partial charge is 0.489 e. The van der Waals surface area contributed by atoms with Gasteiger partial charge >= 0.3 is 0 Å². The summed E-state index contributed by atoms with van der Waals surface area (Å²) < 4.78 is 5.69. The Morgan fingerprint density at radius 2 is 2.11 bits per heavy atom. The summed E-state index contributed by atoms with van der Waals surface area (Å²) in [6.45, 7) is 6.18. The molecular formula is C14H24N2OS. The zero-order valence-electron chi connectivity index (χ0n) is 11.7. The van der Waals surface area contributed by atoms with E-state index < -0.39 is 0 Å². The topological polar surface area (TPSA) is 47.3 Å². The molecule has 102 valence electrons. The average Bonchev–Trinajstić information content (AvgIpc) is 2.32. The predicted octanol–water partition coefficient (Wildman–Crippen LogP) is 3.61. The lowest BCUT2D eigenvalue weighted by molar-refractivity contribution is 0.244. The van der Waals surface area contributed by atoms with Crippen LogP contribution in [0.15, 0.2) is 18.2 Å². The molecule has 1 unspecified atom stereocenters. The lowest BCUT2D eigenvalue weighted by atomic mass is 10.2. The van der Waals surface area contributed by atoms with E-state index in [0.29, 0.717) is 11.7 Å². The molecule has 0 saturated heterocycles. The van der Waals surface area contributed by atoms with Crippen LogP contribution in [0.2, 0.25) is 0 Å². The van der Waals surface area contributed by atoms with Gasteiger partial charge in [-0.1, -0.05) is 13.0 Å². The summed E-state index contributed by atoms with van der Waals surface area (Å²) in [5.74, 6) is 1.83. The molecule has 1 atom stereocenters. The monoisotopic (exact) mass is 268 g/mol. The van der Waals surface area contributed by atoms with Crippen LogP contribution in [0.1, 0.15) is 27.2 Å². The first-order valence-corrected chi connectivity index (χ1v) is 7.78. The Bertz CT molecular complexity index is 369. The first-order valence-electron chi connectivity index (χ1n) is 6.39. The lowest BCUT2D eigenvalue weighted by Crippen LogP contribution is -2.22. The summed E-state index contributed by atoms with van der Waals surface area (Å²) >= 11 is 1.84. The Morgan fingerprint density at radius 3 is 2.67 bits per heavy atom. The maximum atomic E-state index is 6.14. The minimum Gasteiger partial charge on any atom is -0.489 e. The molecule has 1 aromatic carbocycles. The molecule has 0 heterocycles. The van der Waals surface area contributed by atoms with Crippen LogP contribution in [-0.2, 0) is 0 Å². The zero-order valence-corrected chi connectivity index (χ0v) is 12.5. The highest BCUT2D eigenvalue weighted by molar-refractivity contribution is 7.98. The maximum absolute atomic E-state index is 6.14. The van der Waals surface area contributed by atoms with Crippen molar-refractivity contribution >= 4 is 23.1 Å². The van der Waals surface area contributed by atoms with Crippen LogP contribution in [0, 0.1) is 0 Å². The van der Waals surface area contributed by atoms with E-state index in [1.54, 1.807) is 0 Å². The van der Waals surface area contributed by atoms with E-state index >= 15 is 0 Å². The van der Waals surface area contributed by atoms with E-state index in [1.807, 2.05) is 43.8 Å². The van der Waals surface area contributed by atoms with Crippen molar-refractivity contribution in [1.82, 2.24) is 0 Å². The summed E-state index contributed by atoms with van der Waals surface area (Å²) in [5, 5.41) is 3.49. The lowest BCUT2D eigenvalue weighted by Gasteiger charge is -2.20. The summed E-state index contributed by atoms with van der Waals surface area (Å²) in [7, 11) is 0. The second-order valence-electron chi connectivity index (χ2n) is 4.59. The molecule has 18 heavy (non-hydrogen) atoms. The second-order valence-corrected chi connectivity index (χ2v) is 5.50. The highest BCUT2D eigenvalue weighted by atomic mass is 32.2. The fourth-order valence-corrected chi connectivity index (χ4v) is 2.43. The molecular weight excluding hydrogens is 244 g/mol. The number of anilines is 2. The van der Waals surface area contributed by atoms with Crippen molar-refractivity contribution in [2.24, 2.45) is 0 Å². The zero-order chi connectivity index (χ0) is 13.5. The Kier molecular flexibility index (Phi) is 6.19. The highest BCUT2D eigenvalue weighted by Gasteiger charge is 2.11. The number of para-hydroxylation sites is 1. The molecule has 4 heteroatoms. The van der Waals surface area contributed by atoms with Crippen molar-refractivity contribution in [3.8, 4) is 5.75 Å². The third-order valence-corrected chi connectivity index (χ3v) is 3.38. The average molecular weight is 268 g/mol. The van der Waals surface area contributed by atoms with E-state index in [4.69, 9.17) is 10.5 Å². The molecule has 0 aliphatic rings. The highest BCUT2D eigenvalue weighted by Crippen LogP contribution is 2.31. The van der Waals surface area contributed by atoms with Crippen LogP contribution in [0.4, 0.5) is 11.4 Å². The predicted molar refractivity (Wildman–Crippen MR) is 82.7 cm³/mol. The molecule has 0 aliphatic carbocycles. The summed E-state index contributed by atoms with van der Waals surface area (Å²) in [5.41, 5.74) is 7.80. The molecule has 3 nitrogen and oxygen atoms in total.